The highest BCUT2D eigenvalue weighted by Gasteiger charge is 2.25. The minimum Gasteiger partial charge on any atom is -0.357 e. The Morgan fingerprint density at radius 1 is 1.11 bits per heavy atom. The van der Waals surface area contributed by atoms with Gasteiger partial charge in [-0.15, -0.1) is 24.0 Å². The summed E-state index contributed by atoms with van der Waals surface area (Å²) in [7, 11) is 0. The first-order valence-electron chi connectivity index (χ1n) is 6.08. The predicted molar refractivity (Wildman–Crippen MR) is 79.6 cm³/mol. The van der Waals surface area contributed by atoms with E-state index in [4.69, 9.17) is 0 Å². The van der Waals surface area contributed by atoms with Gasteiger partial charge in [-0.3, -0.25) is 4.99 Å². The van der Waals surface area contributed by atoms with Gasteiger partial charge in [0.15, 0.2) is 5.96 Å². The van der Waals surface area contributed by atoms with Gasteiger partial charge in [0.25, 0.3) is 0 Å². The molecular formula is C11H23F3IN3. The van der Waals surface area contributed by atoms with Gasteiger partial charge in [0, 0.05) is 26.1 Å². The summed E-state index contributed by atoms with van der Waals surface area (Å²) in [6.45, 7) is 5.96. The molecule has 0 bridgehead atoms. The van der Waals surface area contributed by atoms with E-state index < -0.39 is 12.6 Å². The van der Waals surface area contributed by atoms with Crippen LogP contribution in [0.4, 0.5) is 13.2 Å². The number of hydrogen-bond donors (Lipinski definition) is 2. The summed E-state index contributed by atoms with van der Waals surface area (Å²) in [4.78, 5) is 4.25. The Morgan fingerprint density at radius 3 is 2.28 bits per heavy atom. The number of unbranched alkanes of at least 4 members (excludes halogenated alkanes) is 1. The quantitative estimate of drug-likeness (QED) is 0.307. The highest BCUT2D eigenvalue weighted by molar-refractivity contribution is 14.0. The molecule has 0 saturated carbocycles. The molecule has 0 rings (SSSR count). The molecule has 0 fully saturated rings. The molecule has 0 aliphatic heterocycles. The van der Waals surface area contributed by atoms with Crippen molar-refractivity contribution in [1.29, 1.82) is 0 Å². The number of guanidine groups is 1. The Bertz CT molecular complexity index is 220. The van der Waals surface area contributed by atoms with Crippen LogP contribution >= 0.6 is 24.0 Å². The second-order valence-corrected chi connectivity index (χ2v) is 3.76. The Morgan fingerprint density at radius 2 is 1.78 bits per heavy atom. The van der Waals surface area contributed by atoms with Crippen LogP contribution in [0.2, 0.25) is 0 Å². The minimum atomic E-state index is -4.04. The van der Waals surface area contributed by atoms with Crippen LogP contribution in [0, 0.1) is 0 Å². The van der Waals surface area contributed by atoms with Crippen molar-refractivity contribution in [1.82, 2.24) is 10.6 Å². The van der Waals surface area contributed by atoms with E-state index in [0.717, 1.165) is 19.5 Å². The number of hydrogen-bond acceptors (Lipinski definition) is 1. The predicted octanol–water partition coefficient (Wildman–Crippen LogP) is 3.30. The Labute approximate surface area is 124 Å². The summed E-state index contributed by atoms with van der Waals surface area (Å²) in [5.41, 5.74) is 0. The van der Waals surface area contributed by atoms with E-state index in [1.807, 2.05) is 13.8 Å². The number of halogens is 4. The molecule has 0 spiro atoms. The molecule has 0 saturated heterocycles. The van der Waals surface area contributed by atoms with Crippen molar-refractivity contribution < 1.29 is 13.2 Å². The van der Waals surface area contributed by atoms with E-state index in [0.29, 0.717) is 18.9 Å². The van der Waals surface area contributed by atoms with Crippen molar-refractivity contribution in [2.24, 2.45) is 4.99 Å². The molecule has 0 amide bonds. The van der Waals surface area contributed by atoms with Crippen LogP contribution in [0.5, 0.6) is 0 Å². The van der Waals surface area contributed by atoms with Crippen LogP contribution in [-0.2, 0) is 0 Å². The summed E-state index contributed by atoms with van der Waals surface area (Å²) in [6.07, 6.45) is -3.15. The maximum Gasteiger partial charge on any atom is 0.389 e. The Hall–Kier alpha value is -0.210. The Kier molecular flexibility index (Phi) is 13.2. The van der Waals surface area contributed by atoms with Gasteiger partial charge in [-0.05, 0) is 26.2 Å². The van der Waals surface area contributed by atoms with Crippen molar-refractivity contribution in [2.45, 2.75) is 45.7 Å². The molecule has 3 nitrogen and oxygen atoms in total. The van der Waals surface area contributed by atoms with Gasteiger partial charge >= 0.3 is 6.18 Å². The summed E-state index contributed by atoms with van der Waals surface area (Å²) >= 11 is 0. The van der Waals surface area contributed by atoms with Gasteiger partial charge < -0.3 is 10.6 Å². The van der Waals surface area contributed by atoms with E-state index in [1.165, 1.54) is 0 Å². The lowest BCUT2D eigenvalue weighted by Gasteiger charge is -2.11. The van der Waals surface area contributed by atoms with Gasteiger partial charge in [0.2, 0.25) is 0 Å². The molecule has 0 atom stereocenters. The minimum absolute atomic E-state index is 0. The third-order valence-corrected chi connectivity index (χ3v) is 2.02. The summed E-state index contributed by atoms with van der Waals surface area (Å²) < 4.78 is 35.6. The van der Waals surface area contributed by atoms with Crippen LogP contribution in [0.3, 0.4) is 0 Å². The lowest BCUT2D eigenvalue weighted by molar-refractivity contribution is -0.135. The van der Waals surface area contributed by atoms with Crippen molar-refractivity contribution in [3.8, 4) is 0 Å². The van der Waals surface area contributed by atoms with Gasteiger partial charge in [-0.25, -0.2) is 0 Å². The van der Waals surface area contributed by atoms with Crippen LogP contribution < -0.4 is 10.6 Å². The summed E-state index contributed by atoms with van der Waals surface area (Å²) in [5.74, 6) is 0.682. The zero-order chi connectivity index (χ0) is 13.1. The zero-order valence-corrected chi connectivity index (χ0v) is 13.3. The van der Waals surface area contributed by atoms with Gasteiger partial charge in [-0.2, -0.15) is 13.2 Å². The third-order valence-electron chi connectivity index (χ3n) is 2.02. The van der Waals surface area contributed by atoms with Gasteiger partial charge in [-0.1, -0.05) is 6.92 Å². The molecule has 0 aliphatic rings. The highest BCUT2D eigenvalue weighted by Crippen LogP contribution is 2.21. The summed E-state index contributed by atoms with van der Waals surface area (Å²) in [5, 5.41) is 6.05. The zero-order valence-electron chi connectivity index (χ0n) is 10.9. The van der Waals surface area contributed by atoms with Crippen LogP contribution in [0.1, 0.15) is 39.5 Å². The topological polar surface area (TPSA) is 36.4 Å². The number of nitrogens with one attached hydrogen (secondary N) is 2. The SMILES string of the molecule is CCCN=C(NCC)NCCCCC(F)(F)F.I. The van der Waals surface area contributed by atoms with Crippen molar-refractivity contribution in [3.63, 3.8) is 0 Å². The first-order chi connectivity index (χ1) is 7.99. The molecule has 0 aromatic rings. The monoisotopic (exact) mass is 381 g/mol. The number of rotatable bonds is 7. The molecule has 0 aromatic carbocycles. The largest absolute Gasteiger partial charge is 0.389 e. The van der Waals surface area contributed by atoms with E-state index in [9.17, 15) is 13.2 Å². The van der Waals surface area contributed by atoms with Crippen molar-refractivity contribution in [3.05, 3.63) is 0 Å². The fraction of sp³-hybridized carbons (Fsp3) is 0.909. The third kappa shape index (κ3) is 13.9. The Balaban J connectivity index is 0. The second kappa shape index (κ2) is 11.9. The normalized spacial score (nSPS) is 11.9. The average Bonchev–Trinajstić information content (AvgIpc) is 2.23. The van der Waals surface area contributed by atoms with Gasteiger partial charge in [0.1, 0.15) is 0 Å². The fourth-order valence-electron chi connectivity index (χ4n) is 1.22. The molecule has 110 valence electrons. The van der Waals surface area contributed by atoms with Crippen molar-refractivity contribution >= 4 is 29.9 Å². The maximum absolute atomic E-state index is 11.9. The molecule has 0 heterocycles. The average molecular weight is 381 g/mol. The summed E-state index contributed by atoms with van der Waals surface area (Å²) in [6, 6.07) is 0. The second-order valence-electron chi connectivity index (χ2n) is 3.76. The number of aliphatic imine (C=N–C) groups is 1. The van der Waals surface area contributed by atoms with Gasteiger partial charge in [0.05, 0.1) is 0 Å². The molecule has 0 aliphatic carbocycles. The van der Waals surface area contributed by atoms with E-state index in [1.54, 1.807) is 0 Å². The van der Waals surface area contributed by atoms with Crippen molar-refractivity contribution in [2.75, 3.05) is 19.6 Å². The molecule has 0 unspecified atom stereocenters. The van der Waals surface area contributed by atoms with Crippen LogP contribution in [0.15, 0.2) is 4.99 Å². The number of alkyl halides is 3. The van der Waals surface area contributed by atoms with Crippen LogP contribution in [0.25, 0.3) is 0 Å². The first-order valence-corrected chi connectivity index (χ1v) is 6.08. The van der Waals surface area contributed by atoms with E-state index >= 15 is 0 Å². The molecule has 7 heteroatoms. The lowest BCUT2D eigenvalue weighted by atomic mass is 10.2. The lowest BCUT2D eigenvalue weighted by Crippen LogP contribution is -2.37. The fourth-order valence-corrected chi connectivity index (χ4v) is 1.22. The maximum atomic E-state index is 11.9. The highest BCUT2D eigenvalue weighted by atomic mass is 127. The molecular weight excluding hydrogens is 358 g/mol. The first kappa shape index (κ1) is 20.1. The molecule has 18 heavy (non-hydrogen) atoms. The van der Waals surface area contributed by atoms with E-state index in [2.05, 4.69) is 15.6 Å². The molecule has 2 N–H and O–H groups in total. The molecule has 0 radical (unpaired) electrons. The number of nitrogens with zero attached hydrogens (tertiary/aromatic N) is 1. The molecule has 0 aromatic heterocycles. The van der Waals surface area contributed by atoms with E-state index in [-0.39, 0.29) is 30.4 Å². The standard InChI is InChI=1S/C11H22F3N3.HI/c1-3-8-16-10(15-4-2)17-9-6-5-7-11(12,13)14;/h3-9H2,1-2H3,(H2,15,16,17);1H. The van der Waals surface area contributed by atoms with Crippen LogP contribution in [-0.4, -0.2) is 31.8 Å². The smallest absolute Gasteiger partial charge is 0.357 e.